The van der Waals surface area contributed by atoms with E-state index in [2.05, 4.69) is 0 Å². The van der Waals surface area contributed by atoms with E-state index in [1.165, 1.54) is 0 Å². The molecule has 8 heterocycles. The molecule has 18 rings (SSSR count). The second kappa shape index (κ2) is 30.3. The first-order valence-electron chi connectivity index (χ1n) is 37.3. The van der Waals surface area contributed by atoms with Crippen LogP contribution in [0.1, 0.15) is 115 Å². The summed E-state index contributed by atoms with van der Waals surface area (Å²) in [4.78, 5) is 153. The standard InChI is InChI=1S/C82H52O52/c83-19-1-11-29(50(98)42(19)90)31-13(3-21(85)44(92)52(31)100)75(116)129-67-28(10-124-73(11)114)127-82(71-70(67)131-76(117)14-4-22(86)45(93)53(101)32(14)33-15(77(118)133-71)5-23(87)46(94)54(33)102)134-79(120)18-7-25(89)48(96)64(112)65(18)125-26-8-17-34(56(104)49(26)97)30-12(2-20(84)43(91)51(30)99)72(113)123-9-27-66(128-78(17)119)69-68-61(109)41-40(81(122)130-68)38(59(107)63(111)60(41)108)37-39(80(121)132-69)36(57(105)62(110)58(37)106)35-16(74(115)126-27)6-24(88)47(95)55(35)103/h1-8,27-28,61,66-71,82-112H,9-10H2/t27-,28-,61-,66+,67+,68+,69-,70+,71-,82+/m1/s1. The number of fused-ring (bicyclic) bond motifs is 16. The molecule has 692 valence electrons. The van der Waals surface area contributed by atoms with Gasteiger partial charge in [0.05, 0.1) is 50.1 Å². The summed E-state index contributed by atoms with van der Waals surface area (Å²) >= 11 is 0. The molecule has 0 radical (unpaired) electrons. The van der Waals surface area contributed by atoms with E-state index in [1.807, 2.05) is 0 Å². The van der Waals surface area contributed by atoms with Crippen LogP contribution in [0.2, 0.25) is 0 Å². The predicted octanol–water partition coefficient (Wildman–Crippen LogP) is 3.37. The molecule has 30 N–H and O–H groups in total. The number of hydrogen-bond donors (Lipinski definition) is 30. The number of aliphatic hydroxyl groups excluding tert-OH is 1. The predicted molar refractivity (Wildman–Crippen MR) is 412 cm³/mol. The lowest BCUT2D eigenvalue weighted by Crippen LogP contribution is -2.63. The molecule has 0 spiro atoms. The van der Waals surface area contributed by atoms with E-state index in [0.717, 1.165) is 0 Å². The van der Waals surface area contributed by atoms with Gasteiger partial charge < -0.3 is 210 Å². The Hall–Kier alpha value is -19.2. The molecule has 0 saturated carbocycles. The van der Waals surface area contributed by atoms with Crippen molar-refractivity contribution in [3.8, 4) is 234 Å². The number of carbonyl (C=O) groups excluding carboxylic acids is 10. The molecule has 0 amide bonds. The third-order valence-electron chi connectivity index (χ3n) is 22.4. The number of esters is 10. The normalized spacial score (nSPS) is 20.4. The van der Waals surface area contributed by atoms with E-state index < -0.39 is 429 Å². The van der Waals surface area contributed by atoms with Gasteiger partial charge in [-0.15, -0.1) is 0 Å². The number of cyclic esters (lactones) is 2. The summed E-state index contributed by atoms with van der Waals surface area (Å²) in [6, 6.07) is 1.42. The Morgan fingerprint density at radius 1 is 0.254 bits per heavy atom. The van der Waals surface area contributed by atoms with E-state index in [-0.39, 0.29) is 42.5 Å². The average Bonchev–Trinajstić information content (AvgIpc) is 0.999. The average molecular weight is 1870 g/mol. The lowest BCUT2D eigenvalue weighted by Gasteiger charge is -2.44. The maximum absolute atomic E-state index is 16.1. The summed E-state index contributed by atoms with van der Waals surface area (Å²) in [5.41, 5.74) is -30.5. The van der Waals surface area contributed by atoms with Gasteiger partial charge in [-0.05, 0) is 36.4 Å². The monoisotopic (exact) mass is 1870 g/mol. The Bertz CT molecular complexity index is 7140. The molecule has 8 aliphatic rings. The van der Waals surface area contributed by atoms with Crippen molar-refractivity contribution in [2.24, 2.45) is 0 Å². The van der Waals surface area contributed by atoms with Crippen LogP contribution >= 0.6 is 0 Å². The SMILES string of the molecule is O=C(O[C@@H]1O[C@@H]2COC(=O)c3cc(O)c(O)c(O)c3-c3c(cc(O)c(O)c3O)C(=O)O[C@@H]2[C@@H]2OC(=O)c3cc(O)c(O)c(O)c3-c3c(cc(O)c(O)c3O)C(=O)O[C@@H]12)c1cc(O)c(O)c(O)c1Oc1cc2c(c(O)c1O)-c1c(cc(O)c(O)c1O)C(=O)OC[C@H]1OC(=O)c3cc(O)c(O)c(O)c3-c3c(O)c(O)c(O)c4c3C(=O)O[C@@H]([C@H]3OC(=O)c5c-4c(O)c(O)c(O)c5[C@H]3O)[C@H]1OC2=O. The highest BCUT2D eigenvalue weighted by Gasteiger charge is 2.59. The smallest absolute Gasteiger partial charge is 0.344 e. The highest BCUT2D eigenvalue weighted by Crippen LogP contribution is 2.65. The van der Waals surface area contributed by atoms with Crippen molar-refractivity contribution in [2.45, 2.75) is 61.2 Å². The van der Waals surface area contributed by atoms with Gasteiger partial charge in [0.2, 0.25) is 75.6 Å². The number of phenols is 29. The van der Waals surface area contributed by atoms with Gasteiger partial charge >= 0.3 is 59.7 Å². The second-order valence-electron chi connectivity index (χ2n) is 29.8. The van der Waals surface area contributed by atoms with Crippen molar-refractivity contribution in [1.29, 1.82) is 0 Å². The zero-order chi connectivity index (χ0) is 97.1. The van der Waals surface area contributed by atoms with Crippen molar-refractivity contribution < 1.29 is 258 Å². The molecular weight excluding hydrogens is 1820 g/mol. The minimum atomic E-state index is -3.23. The zero-order valence-electron chi connectivity index (χ0n) is 65.2. The number of ether oxygens (including phenoxy) is 12. The molecule has 6 bridgehead atoms. The van der Waals surface area contributed by atoms with E-state index in [0.29, 0.717) is 6.07 Å². The Kier molecular flexibility index (Phi) is 19.6. The van der Waals surface area contributed by atoms with Crippen molar-refractivity contribution in [3.05, 3.63) is 110 Å². The summed E-state index contributed by atoms with van der Waals surface area (Å²) in [5.74, 6) is -74.3. The fraction of sp³-hybridized carbons (Fsp3) is 0.146. The molecule has 0 aromatic heterocycles. The molecule has 8 aliphatic heterocycles. The van der Waals surface area contributed by atoms with Crippen molar-refractivity contribution in [2.75, 3.05) is 13.2 Å². The topological polar surface area (TPSA) is 888 Å². The molecular formula is C82H52O52. The third kappa shape index (κ3) is 12.6. The zero-order valence-corrected chi connectivity index (χ0v) is 65.2. The Balaban J connectivity index is 0.840. The summed E-state index contributed by atoms with van der Waals surface area (Å²) in [6.07, 6.45) is -30.0. The first-order chi connectivity index (χ1) is 63.1. The highest BCUT2D eigenvalue weighted by molar-refractivity contribution is 6.18. The van der Waals surface area contributed by atoms with Crippen LogP contribution in [0.15, 0.2) is 48.5 Å². The minimum absolute atomic E-state index is 0.0233. The van der Waals surface area contributed by atoms with Crippen LogP contribution in [0.3, 0.4) is 0 Å². The van der Waals surface area contributed by atoms with E-state index in [9.17, 15) is 168 Å². The van der Waals surface area contributed by atoms with Gasteiger partial charge in [0.25, 0.3) is 0 Å². The van der Waals surface area contributed by atoms with Gasteiger partial charge in [-0.3, -0.25) is 0 Å². The van der Waals surface area contributed by atoms with Crippen LogP contribution in [0.5, 0.6) is 178 Å². The maximum atomic E-state index is 16.1. The van der Waals surface area contributed by atoms with Crippen molar-refractivity contribution in [1.82, 2.24) is 0 Å². The van der Waals surface area contributed by atoms with Crippen molar-refractivity contribution in [3.63, 3.8) is 0 Å². The van der Waals surface area contributed by atoms with E-state index in [4.69, 9.17) is 56.8 Å². The summed E-state index contributed by atoms with van der Waals surface area (Å²) in [5, 5.41) is 343. The van der Waals surface area contributed by atoms with Gasteiger partial charge in [0.15, 0.2) is 152 Å². The van der Waals surface area contributed by atoms with E-state index >= 15 is 33.6 Å². The number of hydrogen-bond acceptors (Lipinski definition) is 52. The molecule has 1 fully saturated rings. The van der Waals surface area contributed by atoms with Crippen LogP contribution in [-0.2, 0) is 52.1 Å². The first kappa shape index (κ1) is 86.9. The van der Waals surface area contributed by atoms with Gasteiger partial charge in [-0.1, -0.05) is 0 Å². The van der Waals surface area contributed by atoms with Crippen LogP contribution in [0.25, 0.3) is 55.6 Å². The summed E-state index contributed by atoms with van der Waals surface area (Å²) < 4.78 is 68.9. The Morgan fingerprint density at radius 2 is 0.537 bits per heavy atom. The van der Waals surface area contributed by atoms with E-state index in [1.54, 1.807) is 0 Å². The Labute approximate surface area is 733 Å². The second-order valence-corrected chi connectivity index (χ2v) is 29.8. The molecule has 52 heteroatoms. The van der Waals surface area contributed by atoms with Gasteiger partial charge in [-0.25, -0.2) is 47.9 Å². The maximum Gasteiger partial charge on any atom is 0.344 e. The fourth-order valence-electron chi connectivity index (χ4n) is 16.2. The lowest BCUT2D eigenvalue weighted by molar-refractivity contribution is -0.282. The lowest BCUT2D eigenvalue weighted by atomic mass is 9.80. The van der Waals surface area contributed by atoms with Crippen LogP contribution in [-0.4, -0.2) is 281 Å². The molecule has 0 aliphatic carbocycles. The van der Waals surface area contributed by atoms with Gasteiger partial charge in [0, 0.05) is 73.3 Å². The molecule has 52 nitrogen and oxygen atoms in total. The van der Waals surface area contributed by atoms with Gasteiger partial charge in [0.1, 0.15) is 31.0 Å². The van der Waals surface area contributed by atoms with Crippen LogP contribution in [0.4, 0.5) is 0 Å². The molecule has 10 aromatic carbocycles. The largest absolute Gasteiger partial charge is 0.504 e. The summed E-state index contributed by atoms with van der Waals surface area (Å²) in [7, 11) is 0. The summed E-state index contributed by atoms with van der Waals surface area (Å²) in [6.45, 7) is -3.45. The fourth-order valence-corrected chi connectivity index (χ4v) is 16.2. The third-order valence-corrected chi connectivity index (χ3v) is 22.4. The molecule has 134 heavy (non-hydrogen) atoms. The number of phenolic OH excluding ortho intramolecular Hbond substituents is 29. The van der Waals surface area contributed by atoms with Gasteiger partial charge in [-0.2, -0.15) is 0 Å². The number of carbonyl (C=O) groups is 10. The van der Waals surface area contributed by atoms with Crippen LogP contribution in [0, 0.1) is 0 Å². The number of benzene rings is 10. The molecule has 10 aromatic rings. The molecule has 10 atom stereocenters. The van der Waals surface area contributed by atoms with Crippen LogP contribution < -0.4 is 4.74 Å². The molecule has 1 saturated heterocycles. The highest BCUT2D eigenvalue weighted by atomic mass is 16.8. The van der Waals surface area contributed by atoms with Crippen molar-refractivity contribution >= 4 is 59.7 Å². The molecule has 0 unspecified atom stereocenters. The Morgan fingerprint density at radius 3 is 0.963 bits per heavy atom. The number of aromatic hydroxyl groups is 29. The quantitative estimate of drug-likeness (QED) is 0.0682. The number of rotatable bonds is 4. The number of aliphatic hydroxyl groups is 1. The minimum Gasteiger partial charge on any atom is -0.504 e. The first-order valence-corrected chi connectivity index (χ1v) is 37.3.